The summed E-state index contributed by atoms with van der Waals surface area (Å²) in [5, 5.41) is 12.7. The number of rotatable bonds is 2. The lowest BCUT2D eigenvalue weighted by Gasteiger charge is -2.64. The number of esters is 2. The van der Waals surface area contributed by atoms with Gasteiger partial charge in [-0.25, -0.2) is 0 Å². The van der Waals surface area contributed by atoms with Crippen molar-refractivity contribution in [3.8, 4) is 0 Å². The van der Waals surface area contributed by atoms with Gasteiger partial charge in [0.1, 0.15) is 11.7 Å². The third kappa shape index (κ3) is 3.64. The molecule has 228 valence electrons. The van der Waals surface area contributed by atoms with Gasteiger partial charge in [-0.15, -0.1) is 0 Å². The highest BCUT2D eigenvalue weighted by molar-refractivity contribution is 6.41. The van der Waals surface area contributed by atoms with Crippen LogP contribution in [-0.2, 0) is 33.4 Å². The average molecular weight is 573 g/mol. The molecule has 0 unspecified atom stereocenters. The van der Waals surface area contributed by atoms with Gasteiger partial charge in [-0.3, -0.25) is 24.0 Å². The van der Waals surface area contributed by atoms with Crippen molar-refractivity contribution in [1.29, 1.82) is 0 Å². The van der Waals surface area contributed by atoms with Crippen molar-refractivity contribution in [3.05, 3.63) is 0 Å². The van der Waals surface area contributed by atoms with E-state index in [-0.39, 0.29) is 29.5 Å². The number of carbonyl (C=O) groups is 5. The number of carbonyl (C=O) groups excluding carboxylic acids is 5. The lowest BCUT2D eigenvalue weighted by Crippen LogP contribution is -2.62. The molecule has 10 atom stereocenters. The van der Waals surface area contributed by atoms with Gasteiger partial charge in [0, 0.05) is 23.2 Å². The fourth-order valence-electron chi connectivity index (χ4n) is 11.0. The summed E-state index contributed by atoms with van der Waals surface area (Å²) < 4.78 is 10.9. The second-order valence-corrected chi connectivity index (χ2v) is 16.2. The molecule has 8 nitrogen and oxygen atoms in total. The van der Waals surface area contributed by atoms with Crippen LogP contribution in [0.15, 0.2) is 0 Å². The Labute approximate surface area is 243 Å². The van der Waals surface area contributed by atoms with E-state index in [0.29, 0.717) is 32.1 Å². The number of fused-ring (bicyclic) bond motifs is 6. The first-order valence-electron chi connectivity index (χ1n) is 15.3. The number of Topliss-reactive ketones (excluding diaryl/α,β-unsaturated/α-hetero) is 3. The number of hydrogen-bond acceptors (Lipinski definition) is 8. The van der Waals surface area contributed by atoms with E-state index in [9.17, 15) is 29.1 Å². The van der Waals surface area contributed by atoms with E-state index in [4.69, 9.17) is 9.47 Å². The maximum Gasteiger partial charge on any atom is 0.311 e. The van der Waals surface area contributed by atoms with Crippen molar-refractivity contribution >= 4 is 29.3 Å². The molecule has 0 aromatic rings. The zero-order valence-corrected chi connectivity index (χ0v) is 26.3. The predicted octanol–water partition coefficient (Wildman–Crippen LogP) is 4.62. The minimum absolute atomic E-state index is 0.0185. The van der Waals surface area contributed by atoms with E-state index in [2.05, 4.69) is 6.92 Å². The predicted molar refractivity (Wildman–Crippen MR) is 149 cm³/mol. The summed E-state index contributed by atoms with van der Waals surface area (Å²) in [6.07, 6.45) is 3.29. The summed E-state index contributed by atoms with van der Waals surface area (Å²) in [4.78, 5) is 68.6. The summed E-state index contributed by atoms with van der Waals surface area (Å²) in [5.74, 6) is -4.39. The van der Waals surface area contributed by atoms with Gasteiger partial charge >= 0.3 is 11.9 Å². The van der Waals surface area contributed by atoms with E-state index < -0.39 is 68.2 Å². The molecule has 0 saturated heterocycles. The lowest BCUT2D eigenvalue weighted by molar-refractivity contribution is -0.190. The Bertz CT molecular complexity index is 1240. The molecule has 0 aliphatic heterocycles. The van der Waals surface area contributed by atoms with Crippen molar-refractivity contribution in [3.63, 3.8) is 0 Å². The summed E-state index contributed by atoms with van der Waals surface area (Å²) >= 11 is 0. The molecule has 0 aromatic heterocycles. The highest BCUT2D eigenvalue weighted by Crippen LogP contribution is 2.73. The Balaban J connectivity index is 1.69. The molecule has 5 rings (SSSR count). The molecule has 0 spiro atoms. The summed E-state index contributed by atoms with van der Waals surface area (Å²) in [7, 11) is 1.39. The molecule has 8 heteroatoms. The van der Waals surface area contributed by atoms with Crippen LogP contribution in [0.2, 0.25) is 0 Å². The fraction of sp³-hybridized carbons (Fsp3) is 0.848. The van der Waals surface area contributed by atoms with Crippen LogP contribution < -0.4 is 0 Å². The fourth-order valence-corrected chi connectivity index (χ4v) is 11.0. The molecular weight excluding hydrogens is 524 g/mol. The molecule has 0 amide bonds. The molecular formula is C33H48O8. The molecule has 41 heavy (non-hydrogen) atoms. The van der Waals surface area contributed by atoms with Crippen LogP contribution >= 0.6 is 0 Å². The normalized spacial score (nSPS) is 50.5. The van der Waals surface area contributed by atoms with Crippen LogP contribution in [0.25, 0.3) is 0 Å². The van der Waals surface area contributed by atoms with Gasteiger partial charge in [-0.1, -0.05) is 41.5 Å². The van der Waals surface area contributed by atoms with Crippen LogP contribution in [0.4, 0.5) is 0 Å². The van der Waals surface area contributed by atoms with Gasteiger partial charge in [0.05, 0.1) is 18.4 Å². The number of ketones is 3. The van der Waals surface area contributed by atoms with Crippen LogP contribution in [0.1, 0.15) is 107 Å². The first-order valence-corrected chi connectivity index (χ1v) is 15.3. The van der Waals surface area contributed by atoms with Gasteiger partial charge in [-0.2, -0.15) is 0 Å². The highest BCUT2D eigenvalue weighted by Gasteiger charge is 2.79. The second kappa shape index (κ2) is 8.73. The quantitative estimate of drug-likeness (QED) is 0.375. The molecule has 0 bridgehead atoms. The first-order chi connectivity index (χ1) is 18.7. The van der Waals surface area contributed by atoms with Crippen LogP contribution in [0.5, 0.6) is 0 Å². The Morgan fingerprint density at radius 1 is 0.902 bits per heavy atom. The SMILES string of the molecule is COC(=O)[C@]1(C)CC[C@]2(C)CC[C@]3(C)C(=O)C(=O)[C@@H]4[C@H]5C(C)(C)[C@@H](OC(C)=O)CC[C@]5(C)C(=O)[C@]4(O)C[C@@]3(C)[C@@H]2C1. The largest absolute Gasteiger partial charge is 0.469 e. The zero-order chi connectivity index (χ0) is 30.8. The molecule has 1 N–H and O–H groups in total. The van der Waals surface area contributed by atoms with Gasteiger partial charge < -0.3 is 14.6 Å². The third-order valence-electron chi connectivity index (χ3n) is 13.6. The maximum absolute atomic E-state index is 14.6. The summed E-state index contributed by atoms with van der Waals surface area (Å²) in [6, 6.07) is 0. The monoisotopic (exact) mass is 572 g/mol. The third-order valence-corrected chi connectivity index (χ3v) is 13.6. The Kier molecular flexibility index (Phi) is 6.47. The summed E-state index contributed by atoms with van der Waals surface area (Å²) in [5.41, 5.74) is -6.94. The van der Waals surface area contributed by atoms with Crippen LogP contribution in [0, 0.1) is 50.2 Å². The molecule has 5 aliphatic carbocycles. The Morgan fingerprint density at radius 3 is 2.10 bits per heavy atom. The van der Waals surface area contributed by atoms with E-state index >= 15 is 0 Å². The molecule has 5 saturated carbocycles. The van der Waals surface area contributed by atoms with Crippen molar-refractivity contribution in [2.75, 3.05) is 7.11 Å². The lowest BCUT2D eigenvalue weighted by atomic mass is 9.39. The highest BCUT2D eigenvalue weighted by atomic mass is 16.5. The van der Waals surface area contributed by atoms with E-state index in [1.807, 2.05) is 41.5 Å². The average Bonchev–Trinajstić information content (AvgIpc) is 3.04. The van der Waals surface area contributed by atoms with Crippen molar-refractivity contribution in [2.24, 2.45) is 50.2 Å². The van der Waals surface area contributed by atoms with Crippen molar-refractivity contribution in [1.82, 2.24) is 0 Å². The second-order valence-electron chi connectivity index (χ2n) is 16.2. The summed E-state index contributed by atoms with van der Waals surface area (Å²) in [6.45, 7) is 14.9. The molecule has 5 fully saturated rings. The topological polar surface area (TPSA) is 124 Å². The number of methoxy groups -OCH3 is 1. The van der Waals surface area contributed by atoms with E-state index in [1.54, 1.807) is 0 Å². The number of hydrogen-bond donors (Lipinski definition) is 1. The number of aliphatic hydroxyl groups is 1. The smallest absolute Gasteiger partial charge is 0.311 e. The van der Waals surface area contributed by atoms with Gasteiger partial charge in [0.15, 0.2) is 5.78 Å². The number of ether oxygens (including phenoxy) is 2. The molecule has 5 aliphatic rings. The molecule has 0 aromatic carbocycles. The zero-order valence-electron chi connectivity index (χ0n) is 26.3. The van der Waals surface area contributed by atoms with Crippen LogP contribution in [0.3, 0.4) is 0 Å². The minimum atomic E-state index is -2.04. The standard InChI is InChI=1S/C33H48O8/c1-18(34)41-20-10-11-30(6)23(27(20,2)3)21-22(35)24(36)31(7)15-14-28(4)12-13-29(5,26(38)40-9)16-19(28)32(31,8)17-33(21,39)25(30)37/h19-21,23,39H,10-17H2,1-9H3/t19-,20+,21-,23+,28-,29-,30+,31-,32+,33+/m1/s1. The van der Waals surface area contributed by atoms with Gasteiger partial charge in [0.2, 0.25) is 11.6 Å². The Hall–Kier alpha value is -2.09. The maximum atomic E-state index is 14.6. The van der Waals surface area contributed by atoms with Gasteiger partial charge in [0.25, 0.3) is 0 Å². The Morgan fingerprint density at radius 2 is 1.51 bits per heavy atom. The minimum Gasteiger partial charge on any atom is -0.469 e. The van der Waals surface area contributed by atoms with E-state index in [0.717, 1.165) is 12.8 Å². The van der Waals surface area contributed by atoms with Crippen molar-refractivity contribution in [2.45, 2.75) is 118 Å². The van der Waals surface area contributed by atoms with E-state index in [1.165, 1.54) is 14.0 Å². The van der Waals surface area contributed by atoms with Crippen molar-refractivity contribution < 1.29 is 38.6 Å². The van der Waals surface area contributed by atoms with Crippen LogP contribution in [-0.4, -0.2) is 53.2 Å². The molecule has 0 radical (unpaired) electrons. The van der Waals surface area contributed by atoms with Gasteiger partial charge in [-0.05, 0) is 81.0 Å². The molecule has 0 heterocycles. The first kappa shape index (κ1) is 30.4.